The summed E-state index contributed by atoms with van der Waals surface area (Å²) in [5.74, 6) is -0.723. The molecule has 35 heavy (non-hydrogen) atoms. The van der Waals surface area contributed by atoms with E-state index in [4.69, 9.17) is 9.47 Å². The van der Waals surface area contributed by atoms with E-state index in [1.165, 1.54) is 0 Å². The van der Waals surface area contributed by atoms with E-state index in [2.05, 4.69) is 13.5 Å². The molecule has 4 saturated carbocycles. The minimum atomic E-state index is -1.65. The van der Waals surface area contributed by atoms with Gasteiger partial charge in [0.25, 0.3) is 0 Å². The van der Waals surface area contributed by atoms with Gasteiger partial charge in [-0.1, -0.05) is 19.9 Å². The van der Waals surface area contributed by atoms with Crippen molar-refractivity contribution in [2.24, 2.45) is 34.0 Å². The highest BCUT2D eigenvalue weighted by molar-refractivity contribution is 5.77. The lowest BCUT2D eigenvalue weighted by Gasteiger charge is -2.64. The molecular formula is C26H40O9. The number of hydrogen-bond donors (Lipinski definition) is 6. The normalized spacial score (nSPS) is 55.7. The Hall–Kier alpha value is -1.07. The van der Waals surface area contributed by atoms with Crippen molar-refractivity contribution < 1.29 is 44.9 Å². The molecule has 0 radical (unpaired) electrons. The Kier molecular flexibility index (Phi) is 6.19. The molecular weight excluding hydrogens is 456 g/mol. The first-order valence-corrected chi connectivity index (χ1v) is 13.0. The molecule has 1 saturated heterocycles. The van der Waals surface area contributed by atoms with E-state index in [1.807, 2.05) is 6.92 Å². The molecule has 6 N–H and O–H groups in total. The molecule has 1 heterocycles. The zero-order valence-electron chi connectivity index (χ0n) is 20.5. The van der Waals surface area contributed by atoms with Gasteiger partial charge in [0.15, 0.2) is 0 Å². The zero-order valence-corrected chi connectivity index (χ0v) is 20.5. The summed E-state index contributed by atoms with van der Waals surface area (Å²) in [6, 6.07) is 0. The Balaban J connectivity index is 1.42. The third-order valence-corrected chi connectivity index (χ3v) is 10.7. The van der Waals surface area contributed by atoms with Crippen molar-refractivity contribution in [1.82, 2.24) is 0 Å². The highest BCUT2D eigenvalue weighted by atomic mass is 16.7. The highest BCUT2D eigenvalue weighted by Gasteiger charge is 2.70. The van der Waals surface area contributed by atoms with E-state index >= 15 is 0 Å². The quantitative estimate of drug-likeness (QED) is 0.238. The maximum atomic E-state index is 13.7. The van der Waals surface area contributed by atoms with Crippen molar-refractivity contribution in [2.45, 2.75) is 102 Å². The van der Waals surface area contributed by atoms with Gasteiger partial charge < -0.3 is 40.1 Å². The number of rotatable bonds is 3. The molecule has 9 heteroatoms. The van der Waals surface area contributed by atoms with Crippen molar-refractivity contribution in [3.05, 3.63) is 12.2 Å². The first-order valence-electron chi connectivity index (χ1n) is 13.0. The number of fused-ring (bicyclic) bond motifs is 3. The summed E-state index contributed by atoms with van der Waals surface area (Å²) in [7, 11) is 0. The number of hydrogen-bond acceptors (Lipinski definition) is 9. The van der Waals surface area contributed by atoms with Crippen LogP contribution >= 0.6 is 0 Å². The molecule has 0 aromatic heterocycles. The minimum absolute atomic E-state index is 0.121. The van der Waals surface area contributed by atoms with Gasteiger partial charge in [-0.15, -0.1) is 0 Å². The fraction of sp³-hybridized carbons (Fsp3) is 0.885. The molecule has 10 unspecified atom stereocenters. The highest BCUT2D eigenvalue weighted by Crippen LogP contribution is 2.72. The molecule has 198 valence electrons. The second-order valence-electron chi connectivity index (χ2n) is 12.4. The molecule has 5 fully saturated rings. The van der Waals surface area contributed by atoms with Gasteiger partial charge in [-0.2, -0.15) is 0 Å². The predicted octanol–water partition coefficient (Wildman–Crippen LogP) is 0.240. The van der Waals surface area contributed by atoms with Crippen LogP contribution in [0.4, 0.5) is 0 Å². The Morgan fingerprint density at radius 3 is 2.49 bits per heavy atom. The Morgan fingerprint density at radius 1 is 1.09 bits per heavy atom. The number of ether oxygens (including phenoxy) is 2. The average molecular weight is 497 g/mol. The van der Waals surface area contributed by atoms with Crippen LogP contribution in [0.25, 0.3) is 0 Å². The maximum absolute atomic E-state index is 13.7. The van der Waals surface area contributed by atoms with Crippen molar-refractivity contribution in [1.29, 1.82) is 0 Å². The number of carbonyl (C=O) groups excluding carboxylic acids is 1. The number of esters is 1. The summed E-state index contributed by atoms with van der Waals surface area (Å²) in [6.45, 7) is 7.55. The van der Waals surface area contributed by atoms with Crippen LogP contribution in [0.15, 0.2) is 12.2 Å². The van der Waals surface area contributed by atoms with Gasteiger partial charge in [-0.05, 0) is 74.2 Å². The lowest BCUT2D eigenvalue weighted by atomic mass is 9.40. The van der Waals surface area contributed by atoms with Crippen LogP contribution < -0.4 is 0 Å². The summed E-state index contributed by atoms with van der Waals surface area (Å²) in [4.78, 5) is 13.7. The van der Waals surface area contributed by atoms with Crippen molar-refractivity contribution in [2.75, 3.05) is 6.61 Å². The molecule has 0 amide bonds. The van der Waals surface area contributed by atoms with Crippen molar-refractivity contribution >= 4 is 5.97 Å². The Bertz CT molecular complexity index is 877. The summed E-state index contributed by atoms with van der Waals surface area (Å²) >= 11 is 0. The molecule has 9 nitrogen and oxygen atoms in total. The zero-order chi connectivity index (χ0) is 25.5. The van der Waals surface area contributed by atoms with E-state index in [1.54, 1.807) is 0 Å². The Labute approximate surface area is 205 Å². The molecule has 0 aromatic carbocycles. The van der Waals surface area contributed by atoms with Crippen molar-refractivity contribution in [3.8, 4) is 0 Å². The van der Waals surface area contributed by atoms with Crippen LogP contribution in [0, 0.1) is 34.0 Å². The summed E-state index contributed by atoms with van der Waals surface area (Å²) in [5, 5.41) is 62.6. The van der Waals surface area contributed by atoms with Gasteiger partial charge in [-0.3, -0.25) is 4.79 Å². The van der Waals surface area contributed by atoms with Crippen LogP contribution in [0.2, 0.25) is 0 Å². The fourth-order valence-electron chi connectivity index (χ4n) is 9.12. The second-order valence-corrected chi connectivity index (χ2v) is 12.4. The lowest BCUT2D eigenvalue weighted by Crippen LogP contribution is -2.64. The SMILES string of the molecule is C=C1C2CC(O)C3[C@]4(C)CCC[C@@](C)(C(=O)OC5OC(CO)C(O)C(O)C5O)C4CC[C@]3(C2)C1O. The molecule has 1 spiro atoms. The van der Waals surface area contributed by atoms with Crippen LogP contribution in [-0.4, -0.2) is 86.1 Å². The van der Waals surface area contributed by atoms with Crippen LogP contribution in [-0.2, 0) is 14.3 Å². The lowest BCUT2D eigenvalue weighted by molar-refractivity contribution is -0.298. The molecule has 4 aliphatic carbocycles. The molecule has 5 rings (SSSR count). The first-order chi connectivity index (χ1) is 16.4. The van der Waals surface area contributed by atoms with E-state index in [9.17, 15) is 35.4 Å². The average Bonchev–Trinajstić information content (AvgIpc) is 2.99. The largest absolute Gasteiger partial charge is 0.432 e. The molecule has 2 bridgehead atoms. The summed E-state index contributed by atoms with van der Waals surface area (Å²) in [6.07, 6.45) is -3.80. The monoisotopic (exact) mass is 496 g/mol. The van der Waals surface area contributed by atoms with Gasteiger partial charge in [0.1, 0.15) is 24.4 Å². The number of aliphatic hydroxyl groups excluding tert-OH is 6. The third kappa shape index (κ3) is 3.42. The molecule has 0 aromatic rings. The predicted molar refractivity (Wildman–Crippen MR) is 122 cm³/mol. The minimum Gasteiger partial charge on any atom is -0.432 e. The van der Waals surface area contributed by atoms with Gasteiger partial charge in [0.05, 0.1) is 24.2 Å². The van der Waals surface area contributed by atoms with E-state index in [0.717, 1.165) is 24.8 Å². The van der Waals surface area contributed by atoms with Crippen molar-refractivity contribution in [3.63, 3.8) is 0 Å². The molecule has 1 aliphatic heterocycles. The number of carbonyl (C=O) groups is 1. The first kappa shape index (κ1) is 25.6. The summed E-state index contributed by atoms with van der Waals surface area (Å²) < 4.78 is 11.1. The standard InChI is InChI=1S/C26H40O9/c1-12-13-9-14(28)20-24(2)6-4-7-25(3,16(24)5-8-26(20,10-13)21(12)32)23(33)35-22-19(31)18(30)17(29)15(11-27)34-22/h13-22,27-32H,1,4-11H2,2-3H3/t13?,14?,15?,16?,17?,18?,19?,20?,21?,22?,24-,25-,26-/m1/s1. The van der Waals surface area contributed by atoms with Crippen LogP contribution in [0.3, 0.4) is 0 Å². The van der Waals surface area contributed by atoms with E-state index in [0.29, 0.717) is 25.7 Å². The number of aliphatic hydroxyl groups is 6. The third-order valence-electron chi connectivity index (χ3n) is 10.7. The molecule has 13 atom stereocenters. The summed E-state index contributed by atoms with van der Waals surface area (Å²) in [5.41, 5.74) is -0.932. The molecule has 5 aliphatic rings. The van der Waals surface area contributed by atoms with Gasteiger partial charge in [0, 0.05) is 5.41 Å². The van der Waals surface area contributed by atoms with Crippen LogP contribution in [0.1, 0.15) is 58.8 Å². The Morgan fingerprint density at radius 2 is 1.80 bits per heavy atom. The van der Waals surface area contributed by atoms with E-state index in [-0.39, 0.29) is 17.8 Å². The fourth-order valence-corrected chi connectivity index (χ4v) is 9.12. The van der Waals surface area contributed by atoms with Gasteiger partial charge >= 0.3 is 5.97 Å². The second kappa shape index (κ2) is 8.48. The maximum Gasteiger partial charge on any atom is 0.314 e. The van der Waals surface area contributed by atoms with Gasteiger partial charge in [0.2, 0.25) is 6.29 Å². The topological polar surface area (TPSA) is 157 Å². The van der Waals surface area contributed by atoms with E-state index < -0.39 is 71.7 Å². The van der Waals surface area contributed by atoms with Crippen LogP contribution in [0.5, 0.6) is 0 Å². The smallest absolute Gasteiger partial charge is 0.314 e. The van der Waals surface area contributed by atoms with Gasteiger partial charge in [-0.25, -0.2) is 0 Å².